The SMILES string of the molecule is O=C1NCCCCC1N1CCN(S(=O)(=O)c2ccc(F)c(Cl)c2)CC1. The van der Waals surface area contributed by atoms with Gasteiger partial charge in [0, 0.05) is 32.7 Å². The molecular weight excluding hydrogens is 369 g/mol. The Morgan fingerprint density at radius 1 is 1.16 bits per heavy atom. The van der Waals surface area contributed by atoms with Crippen molar-refractivity contribution in [3.8, 4) is 0 Å². The molecule has 2 heterocycles. The summed E-state index contributed by atoms with van der Waals surface area (Å²) >= 11 is 5.70. The third kappa shape index (κ3) is 3.97. The Hall–Kier alpha value is -1.22. The molecule has 2 aliphatic heterocycles. The number of sulfonamides is 1. The number of hydrogen-bond acceptors (Lipinski definition) is 4. The summed E-state index contributed by atoms with van der Waals surface area (Å²) in [4.78, 5) is 14.2. The number of piperazine rings is 1. The molecule has 1 atom stereocenters. The van der Waals surface area contributed by atoms with E-state index in [-0.39, 0.29) is 21.9 Å². The van der Waals surface area contributed by atoms with Gasteiger partial charge in [0.1, 0.15) is 5.82 Å². The summed E-state index contributed by atoms with van der Waals surface area (Å²) in [6.07, 6.45) is 2.75. The lowest BCUT2D eigenvalue weighted by molar-refractivity contribution is -0.126. The van der Waals surface area contributed by atoms with Gasteiger partial charge in [-0.3, -0.25) is 9.69 Å². The van der Waals surface area contributed by atoms with Crippen LogP contribution in [0.15, 0.2) is 23.1 Å². The van der Waals surface area contributed by atoms with Crippen LogP contribution in [-0.4, -0.2) is 62.3 Å². The van der Waals surface area contributed by atoms with Crippen LogP contribution in [0.5, 0.6) is 0 Å². The van der Waals surface area contributed by atoms with Gasteiger partial charge in [0.15, 0.2) is 0 Å². The number of benzene rings is 1. The van der Waals surface area contributed by atoms with Crippen LogP contribution in [0.4, 0.5) is 4.39 Å². The van der Waals surface area contributed by atoms with Gasteiger partial charge in [0.2, 0.25) is 15.9 Å². The lowest BCUT2D eigenvalue weighted by Crippen LogP contribution is -2.55. The third-order valence-corrected chi connectivity index (χ3v) is 6.93. The number of carbonyl (C=O) groups excluding carboxylic acids is 1. The molecular formula is C16H21ClFN3O3S. The number of nitrogens with one attached hydrogen (secondary N) is 1. The quantitative estimate of drug-likeness (QED) is 0.849. The van der Waals surface area contributed by atoms with Gasteiger partial charge in [0.05, 0.1) is 16.0 Å². The highest BCUT2D eigenvalue weighted by Crippen LogP contribution is 2.24. The molecule has 3 rings (SSSR count). The van der Waals surface area contributed by atoms with Crippen molar-refractivity contribution in [2.45, 2.75) is 30.2 Å². The Labute approximate surface area is 152 Å². The van der Waals surface area contributed by atoms with Crippen molar-refractivity contribution in [2.75, 3.05) is 32.7 Å². The van der Waals surface area contributed by atoms with Crippen LogP contribution in [-0.2, 0) is 14.8 Å². The summed E-state index contributed by atoms with van der Waals surface area (Å²) in [6.45, 7) is 2.27. The molecule has 9 heteroatoms. The second-order valence-electron chi connectivity index (χ2n) is 6.32. The first-order valence-electron chi connectivity index (χ1n) is 8.36. The van der Waals surface area contributed by atoms with Crippen LogP contribution in [0.1, 0.15) is 19.3 Å². The average Bonchev–Trinajstić information content (AvgIpc) is 2.82. The van der Waals surface area contributed by atoms with Gasteiger partial charge < -0.3 is 5.32 Å². The molecule has 0 spiro atoms. The molecule has 1 aromatic rings. The Balaban J connectivity index is 1.68. The fraction of sp³-hybridized carbons (Fsp3) is 0.562. The Kier molecular flexibility index (Phi) is 5.62. The van der Waals surface area contributed by atoms with E-state index in [4.69, 9.17) is 11.6 Å². The summed E-state index contributed by atoms with van der Waals surface area (Å²) in [5.74, 6) is -0.621. The molecule has 1 aromatic carbocycles. The zero-order chi connectivity index (χ0) is 18.0. The zero-order valence-electron chi connectivity index (χ0n) is 13.7. The van der Waals surface area contributed by atoms with Crippen molar-refractivity contribution in [3.63, 3.8) is 0 Å². The highest BCUT2D eigenvalue weighted by Gasteiger charge is 2.34. The van der Waals surface area contributed by atoms with Crippen LogP contribution in [0.25, 0.3) is 0 Å². The Bertz CT molecular complexity index is 751. The maximum absolute atomic E-state index is 13.3. The lowest BCUT2D eigenvalue weighted by atomic mass is 10.1. The van der Waals surface area contributed by atoms with Gasteiger partial charge in [-0.25, -0.2) is 12.8 Å². The van der Waals surface area contributed by atoms with E-state index < -0.39 is 15.8 Å². The highest BCUT2D eigenvalue weighted by molar-refractivity contribution is 7.89. The van der Waals surface area contributed by atoms with E-state index >= 15 is 0 Å². The molecule has 0 aromatic heterocycles. The van der Waals surface area contributed by atoms with Gasteiger partial charge in [-0.1, -0.05) is 11.6 Å². The third-order valence-electron chi connectivity index (χ3n) is 4.75. The number of halogens is 2. The topological polar surface area (TPSA) is 69.7 Å². The molecule has 0 saturated carbocycles. The van der Waals surface area contributed by atoms with Gasteiger partial charge in [-0.05, 0) is 37.5 Å². The van der Waals surface area contributed by atoms with Gasteiger partial charge >= 0.3 is 0 Å². The molecule has 25 heavy (non-hydrogen) atoms. The van der Waals surface area contributed by atoms with E-state index in [1.54, 1.807) is 0 Å². The van der Waals surface area contributed by atoms with Crippen molar-refractivity contribution in [2.24, 2.45) is 0 Å². The number of rotatable bonds is 3. The summed E-state index contributed by atoms with van der Waals surface area (Å²) in [5.41, 5.74) is 0. The largest absolute Gasteiger partial charge is 0.355 e. The van der Waals surface area contributed by atoms with Crippen molar-refractivity contribution in [1.82, 2.24) is 14.5 Å². The first-order valence-corrected chi connectivity index (χ1v) is 10.2. The number of hydrogen-bond donors (Lipinski definition) is 1. The maximum atomic E-state index is 13.3. The van der Waals surface area contributed by atoms with Crippen LogP contribution in [0.3, 0.4) is 0 Å². The smallest absolute Gasteiger partial charge is 0.243 e. The van der Waals surface area contributed by atoms with E-state index in [2.05, 4.69) is 5.32 Å². The molecule has 0 aliphatic carbocycles. The monoisotopic (exact) mass is 389 g/mol. The first-order chi connectivity index (χ1) is 11.9. The van der Waals surface area contributed by atoms with E-state index in [9.17, 15) is 17.6 Å². The molecule has 2 saturated heterocycles. The second kappa shape index (κ2) is 7.57. The lowest BCUT2D eigenvalue weighted by Gasteiger charge is -2.37. The predicted molar refractivity (Wildman–Crippen MR) is 92.4 cm³/mol. The van der Waals surface area contributed by atoms with Crippen molar-refractivity contribution >= 4 is 27.5 Å². The van der Waals surface area contributed by atoms with Gasteiger partial charge in [0.25, 0.3) is 0 Å². The van der Waals surface area contributed by atoms with Crippen LogP contribution < -0.4 is 5.32 Å². The summed E-state index contributed by atoms with van der Waals surface area (Å²) < 4.78 is 40.0. The molecule has 2 aliphatic rings. The van der Waals surface area contributed by atoms with Crippen LogP contribution in [0, 0.1) is 5.82 Å². The molecule has 138 valence electrons. The summed E-state index contributed by atoms with van der Waals surface area (Å²) in [7, 11) is -3.72. The van der Waals surface area contributed by atoms with E-state index in [1.807, 2.05) is 4.90 Å². The van der Waals surface area contributed by atoms with E-state index in [0.29, 0.717) is 32.7 Å². The predicted octanol–water partition coefficient (Wildman–Crippen LogP) is 1.45. The summed E-state index contributed by atoms with van der Waals surface area (Å²) in [5, 5.41) is 2.69. The van der Waals surface area contributed by atoms with Crippen molar-refractivity contribution < 1.29 is 17.6 Å². The van der Waals surface area contributed by atoms with Crippen LogP contribution >= 0.6 is 11.6 Å². The first kappa shape index (κ1) is 18.6. The molecule has 0 bridgehead atoms. The normalized spacial score (nSPS) is 23.9. The minimum absolute atomic E-state index is 0.0143. The molecule has 0 radical (unpaired) electrons. The molecule has 1 unspecified atom stereocenters. The second-order valence-corrected chi connectivity index (χ2v) is 8.66. The fourth-order valence-corrected chi connectivity index (χ4v) is 5.01. The maximum Gasteiger partial charge on any atom is 0.243 e. The van der Waals surface area contributed by atoms with E-state index in [0.717, 1.165) is 31.4 Å². The molecule has 1 N–H and O–H groups in total. The summed E-state index contributed by atoms with van der Waals surface area (Å²) in [6, 6.07) is 3.23. The Morgan fingerprint density at radius 2 is 1.88 bits per heavy atom. The fourth-order valence-electron chi connectivity index (χ4n) is 3.31. The van der Waals surface area contributed by atoms with Crippen molar-refractivity contribution in [3.05, 3.63) is 29.0 Å². The number of nitrogens with zero attached hydrogens (tertiary/aromatic N) is 2. The zero-order valence-corrected chi connectivity index (χ0v) is 15.3. The highest BCUT2D eigenvalue weighted by atomic mass is 35.5. The minimum atomic E-state index is -3.72. The number of amides is 1. The number of carbonyl (C=O) groups is 1. The Morgan fingerprint density at radius 3 is 2.56 bits per heavy atom. The molecule has 6 nitrogen and oxygen atoms in total. The molecule has 2 fully saturated rings. The van der Waals surface area contributed by atoms with E-state index in [1.165, 1.54) is 10.4 Å². The van der Waals surface area contributed by atoms with Crippen LogP contribution in [0.2, 0.25) is 5.02 Å². The van der Waals surface area contributed by atoms with Crippen molar-refractivity contribution in [1.29, 1.82) is 0 Å². The standard InChI is InChI=1S/C16H21ClFN3O3S/c17-13-11-12(4-5-14(13)18)25(23,24)21-9-7-20(8-10-21)15-3-1-2-6-19-16(15)22/h4-5,11,15H,1-3,6-10H2,(H,19,22). The van der Waals surface area contributed by atoms with Gasteiger partial charge in [-0.15, -0.1) is 0 Å². The van der Waals surface area contributed by atoms with Gasteiger partial charge in [-0.2, -0.15) is 4.31 Å². The minimum Gasteiger partial charge on any atom is -0.355 e. The average molecular weight is 390 g/mol. The molecule has 1 amide bonds.